The summed E-state index contributed by atoms with van der Waals surface area (Å²) in [7, 11) is 0. The van der Waals surface area contributed by atoms with Crippen molar-refractivity contribution in [1.82, 2.24) is 9.88 Å². The zero-order valence-electron chi connectivity index (χ0n) is 24.8. The van der Waals surface area contributed by atoms with Gasteiger partial charge in [0.2, 0.25) is 0 Å². The van der Waals surface area contributed by atoms with Gasteiger partial charge in [-0.1, -0.05) is 18.2 Å². The Balaban J connectivity index is 1.39. The number of nitrogens with zero attached hydrogens (tertiary/aromatic N) is 1. The van der Waals surface area contributed by atoms with E-state index in [0.717, 1.165) is 16.5 Å². The van der Waals surface area contributed by atoms with Crippen molar-refractivity contribution in [3.05, 3.63) is 64.9 Å². The van der Waals surface area contributed by atoms with Crippen molar-refractivity contribution in [2.45, 2.75) is 64.7 Å². The molecule has 4 rings (SSSR count). The van der Waals surface area contributed by atoms with Crippen molar-refractivity contribution in [3.8, 4) is 5.75 Å². The number of carbonyl (C=O) groups excluding carboxylic acids is 1. The Kier molecular flexibility index (Phi) is 10.9. The van der Waals surface area contributed by atoms with E-state index in [2.05, 4.69) is 4.98 Å². The Labute approximate surface area is 245 Å². The van der Waals surface area contributed by atoms with Gasteiger partial charge in [-0.2, -0.15) is 0 Å². The Morgan fingerprint density at radius 1 is 1.05 bits per heavy atom. The van der Waals surface area contributed by atoms with E-state index in [9.17, 15) is 9.18 Å². The Morgan fingerprint density at radius 2 is 1.74 bits per heavy atom. The lowest BCUT2D eigenvalue weighted by Gasteiger charge is -2.43. The molecule has 10 heteroatoms. The zero-order valence-corrected chi connectivity index (χ0v) is 24.8. The van der Waals surface area contributed by atoms with Gasteiger partial charge < -0.3 is 23.9 Å². The molecule has 42 heavy (non-hydrogen) atoms. The summed E-state index contributed by atoms with van der Waals surface area (Å²) in [6.45, 7) is 8.22. The summed E-state index contributed by atoms with van der Waals surface area (Å²) >= 11 is 0. The number of benzene rings is 2. The number of H-pyrrole nitrogens is 1. The van der Waals surface area contributed by atoms with Crippen molar-refractivity contribution < 1.29 is 36.9 Å². The highest BCUT2D eigenvalue weighted by molar-refractivity contribution is 5.85. The first-order chi connectivity index (χ1) is 20.1. The Morgan fingerprint density at radius 3 is 2.45 bits per heavy atom. The maximum Gasteiger partial charge on any atom is 0.332 e. The lowest BCUT2D eigenvalue weighted by Crippen LogP contribution is -2.48. The van der Waals surface area contributed by atoms with Crippen molar-refractivity contribution in [3.63, 3.8) is 0 Å². The minimum absolute atomic E-state index is 0.0182. The summed E-state index contributed by atoms with van der Waals surface area (Å²) in [4.78, 5) is 16.4. The number of unbranched alkanes of at least 4 members (excludes halogenated alkanes) is 1. The van der Waals surface area contributed by atoms with Crippen LogP contribution >= 0.6 is 0 Å². The molecule has 2 aromatic carbocycles. The third kappa shape index (κ3) is 8.05. The fourth-order valence-electron chi connectivity index (χ4n) is 5.48. The highest BCUT2D eigenvalue weighted by Crippen LogP contribution is 2.43. The number of hydrogen-bond acceptors (Lipinski definition) is 6. The molecule has 1 aliphatic heterocycles. The first kappa shape index (κ1) is 31.8. The van der Waals surface area contributed by atoms with Gasteiger partial charge in [-0.05, 0) is 58.6 Å². The molecule has 2 atom stereocenters. The SMILES string of the molecule is CCOC(=O)COCCOCCCCOc1cc(F)c([C@@H]2c3[nH]c4ccccc4c3C[C@@H](C)N2CC(C)(C)F)c(F)c1. The van der Waals surface area contributed by atoms with Crippen LogP contribution in [0.3, 0.4) is 0 Å². The first-order valence-electron chi connectivity index (χ1n) is 14.6. The summed E-state index contributed by atoms with van der Waals surface area (Å²) in [6.07, 6.45) is 1.94. The number of ether oxygens (including phenoxy) is 4. The summed E-state index contributed by atoms with van der Waals surface area (Å²) in [6, 6.07) is 9.23. The molecule has 1 N–H and O–H groups in total. The number of alkyl halides is 1. The number of aromatic amines is 1. The van der Waals surface area contributed by atoms with Crippen LogP contribution in [-0.4, -0.2) is 73.7 Å². The average Bonchev–Trinajstić information content (AvgIpc) is 3.28. The molecular formula is C32H41F3N2O5. The topological polar surface area (TPSA) is 73.0 Å². The molecule has 7 nitrogen and oxygen atoms in total. The van der Waals surface area contributed by atoms with E-state index in [1.54, 1.807) is 6.92 Å². The number of hydrogen-bond donors (Lipinski definition) is 1. The van der Waals surface area contributed by atoms with E-state index in [1.165, 1.54) is 26.0 Å². The molecular weight excluding hydrogens is 549 g/mol. The number of halogens is 3. The maximum atomic E-state index is 15.7. The van der Waals surface area contributed by atoms with Crippen LogP contribution in [0.25, 0.3) is 10.9 Å². The van der Waals surface area contributed by atoms with Crippen molar-refractivity contribution >= 4 is 16.9 Å². The third-order valence-electron chi connectivity index (χ3n) is 7.25. The van der Waals surface area contributed by atoms with Crippen LogP contribution in [0.2, 0.25) is 0 Å². The molecule has 0 unspecified atom stereocenters. The van der Waals surface area contributed by atoms with Crippen LogP contribution in [0.15, 0.2) is 36.4 Å². The molecule has 0 spiro atoms. The van der Waals surface area contributed by atoms with Gasteiger partial charge in [-0.3, -0.25) is 4.90 Å². The lowest BCUT2D eigenvalue weighted by molar-refractivity contribution is -0.148. The molecule has 0 saturated heterocycles. The third-order valence-corrected chi connectivity index (χ3v) is 7.25. The smallest absolute Gasteiger partial charge is 0.332 e. The number of fused-ring (bicyclic) bond motifs is 3. The van der Waals surface area contributed by atoms with Crippen LogP contribution in [0.1, 0.15) is 63.4 Å². The van der Waals surface area contributed by atoms with E-state index < -0.39 is 29.3 Å². The highest BCUT2D eigenvalue weighted by Gasteiger charge is 2.41. The van der Waals surface area contributed by atoms with E-state index in [-0.39, 0.29) is 43.7 Å². The molecule has 0 aliphatic carbocycles. The molecule has 230 valence electrons. The molecule has 0 fully saturated rings. The van der Waals surface area contributed by atoms with Crippen molar-refractivity contribution in [1.29, 1.82) is 0 Å². The second kappa shape index (κ2) is 14.4. The van der Waals surface area contributed by atoms with Crippen LogP contribution in [-0.2, 0) is 25.4 Å². The fraction of sp³-hybridized carbons (Fsp3) is 0.531. The Bertz CT molecular complexity index is 1320. The normalized spacial score (nSPS) is 17.4. The summed E-state index contributed by atoms with van der Waals surface area (Å²) < 4.78 is 67.5. The number of rotatable bonds is 15. The van der Waals surface area contributed by atoms with Gasteiger partial charge in [0, 0.05) is 53.5 Å². The second-order valence-electron chi connectivity index (χ2n) is 11.2. The van der Waals surface area contributed by atoms with Gasteiger partial charge in [0.25, 0.3) is 0 Å². The predicted molar refractivity (Wildman–Crippen MR) is 155 cm³/mol. The van der Waals surface area contributed by atoms with Crippen LogP contribution < -0.4 is 4.74 Å². The van der Waals surface area contributed by atoms with Gasteiger partial charge in [-0.15, -0.1) is 0 Å². The van der Waals surface area contributed by atoms with Crippen molar-refractivity contribution in [2.75, 3.05) is 46.2 Å². The monoisotopic (exact) mass is 590 g/mol. The average molecular weight is 591 g/mol. The molecule has 3 aromatic rings. The first-order valence-corrected chi connectivity index (χ1v) is 14.6. The van der Waals surface area contributed by atoms with Crippen LogP contribution in [0.5, 0.6) is 5.75 Å². The van der Waals surface area contributed by atoms with Crippen LogP contribution in [0, 0.1) is 11.6 Å². The van der Waals surface area contributed by atoms with E-state index in [4.69, 9.17) is 18.9 Å². The quantitative estimate of drug-likeness (QED) is 0.166. The number of nitrogens with one attached hydrogen (secondary N) is 1. The fourth-order valence-corrected chi connectivity index (χ4v) is 5.48. The number of carbonyl (C=O) groups is 1. The van der Waals surface area contributed by atoms with E-state index in [0.29, 0.717) is 44.8 Å². The lowest BCUT2D eigenvalue weighted by atomic mass is 9.87. The van der Waals surface area contributed by atoms with Gasteiger partial charge in [0.05, 0.1) is 32.5 Å². The van der Waals surface area contributed by atoms with Crippen LogP contribution in [0.4, 0.5) is 13.2 Å². The predicted octanol–water partition coefficient (Wildman–Crippen LogP) is 6.29. The molecule has 0 amide bonds. The number of esters is 1. The van der Waals surface area contributed by atoms with Gasteiger partial charge >= 0.3 is 5.97 Å². The maximum absolute atomic E-state index is 15.7. The summed E-state index contributed by atoms with van der Waals surface area (Å²) in [5, 5.41) is 1.01. The number of aromatic nitrogens is 1. The van der Waals surface area contributed by atoms with Gasteiger partial charge in [0.15, 0.2) is 0 Å². The molecule has 0 bridgehead atoms. The standard InChI is InChI=1S/C32H41F3N2O5/c1-5-41-28(38)19-40-15-14-39-12-8-9-13-42-22-17-25(33)29(26(34)18-22)31-30-24(23-10-6-7-11-27(23)36-30)16-21(2)37(31)20-32(3,4)35/h6-7,10-11,17-18,21,31,36H,5,8-9,12-16,19-20H2,1-4H3/t21-,31-/m1/s1. The number of para-hydroxylation sites is 1. The highest BCUT2D eigenvalue weighted by atomic mass is 19.1. The largest absolute Gasteiger partial charge is 0.493 e. The molecule has 0 radical (unpaired) electrons. The summed E-state index contributed by atoms with van der Waals surface area (Å²) in [5.74, 6) is -1.78. The summed E-state index contributed by atoms with van der Waals surface area (Å²) in [5.41, 5.74) is 0.893. The minimum Gasteiger partial charge on any atom is -0.493 e. The Hall–Kier alpha value is -3.08. The molecule has 1 aromatic heterocycles. The zero-order chi connectivity index (χ0) is 30.3. The van der Waals surface area contributed by atoms with E-state index in [1.807, 2.05) is 36.1 Å². The van der Waals surface area contributed by atoms with Gasteiger partial charge in [-0.25, -0.2) is 18.0 Å². The van der Waals surface area contributed by atoms with Crippen molar-refractivity contribution in [2.24, 2.45) is 0 Å². The minimum atomic E-state index is -1.56. The molecule has 0 saturated carbocycles. The van der Waals surface area contributed by atoms with E-state index >= 15 is 8.78 Å². The molecule has 1 aliphatic rings. The molecule has 2 heterocycles. The van der Waals surface area contributed by atoms with Gasteiger partial charge in [0.1, 0.15) is 29.7 Å². The second-order valence-corrected chi connectivity index (χ2v) is 11.2.